The van der Waals surface area contributed by atoms with Crippen molar-refractivity contribution in [1.29, 1.82) is 0 Å². The number of nitrogens with zero attached hydrogens (tertiary/aromatic N) is 4. The number of halogens is 1. The lowest BCUT2D eigenvalue weighted by Gasteiger charge is -2.13. The van der Waals surface area contributed by atoms with E-state index in [-0.39, 0.29) is 18.4 Å². The van der Waals surface area contributed by atoms with Gasteiger partial charge in [0.05, 0.1) is 17.8 Å². The van der Waals surface area contributed by atoms with Gasteiger partial charge >= 0.3 is 0 Å². The van der Waals surface area contributed by atoms with E-state index in [0.717, 1.165) is 16.5 Å². The molecule has 3 heterocycles. The van der Waals surface area contributed by atoms with Crippen molar-refractivity contribution in [3.8, 4) is 28.5 Å². The van der Waals surface area contributed by atoms with Crippen LogP contribution >= 0.6 is 15.9 Å². The van der Waals surface area contributed by atoms with Crippen molar-refractivity contribution >= 4 is 27.7 Å². The SMILES string of the molecule is O=C(COc1ccc(Br)cc1-c1nccc(-c2cc3n(n2)CCNC3=O)n1)NCCc1ccccc1. The van der Waals surface area contributed by atoms with Gasteiger partial charge in [0, 0.05) is 23.8 Å². The molecule has 0 bridgehead atoms. The number of benzene rings is 2. The van der Waals surface area contributed by atoms with Crippen molar-refractivity contribution in [3.63, 3.8) is 0 Å². The maximum absolute atomic E-state index is 12.4. The fourth-order valence-electron chi connectivity index (χ4n) is 3.88. The minimum Gasteiger partial charge on any atom is -0.483 e. The van der Waals surface area contributed by atoms with Crippen LogP contribution in [-0.4, -0.2) is 51.3 Å². The fourth-order valence-corrected chi connectivity index (χ4v) is 4.24. The van der Waals surface area contributed by atoms with Gasteiger partial charge in [0.2, 0.25) is 0 Å². The van der Waals surface area contributed by atoms with Crippen molar-refractivity contribution < 1.29 is 14.3 Å². The third-order valence-corrected chi connectivity index (χ3v) is 6.15. The van der Waals surface area contributed by atoms with E-state index >= 15 is 0 Å². The summed E-state index contributed by atoms with van der Waals surface area (Å²) in [5.41, 5.74) is 3.46. The van der Waals surface area contributed by atoms with Crippen LogP contribution in [0, 0.1) is 0 Å². The highest BCUT2D eigenvalue weighted by atomic mass is 79.9. The second kappa shape index (κ2) is 10.7. The summed E-state index contributed by atoms with van der Waals surface area (Å²) < 4.78 is 8.35. The van der Waals surface area contributed by atoms with E-state index in [9.17, 15) is 9.59 Å². The van der Waals surface area contributed by atoms with Crippen molar-refractivity contribution in [2.24, 2.45) is 0 Å². The molecule has 0 saturated carbocycles. The van der Waals surface area contributed by atoms with E-state index in [4.69, 9.17) is 4.74 Å². The number of carbonyl (C=O) groups is 2. The van der Waals surface area contributed by atoms with Gasteiger partial charge in [-0.3, -0.25) is 14.3 Å². The summed E-state index contributed by atoms with van der Waals surface area (Å²) in [6.07, 6.45) is 2.38. The summed E-state index contributed by atoms with van der Waals surface area (Å²) in [6.45, 7) is 1.54. The molecule has 0 aliphatic carbocycles. The molecule has 0 radical (unpaired) electrons. The monoisotopic (exact) mass is 546 g/mol. The van der Waals surface area contributed by atoms with Crippen LogP contribution in [0.3, 0.4) is 0 Å². The molecule has 10 heteroatoms. The molecule has 36 heavy (non-hydrogen) atoms. The summed E-state index contributed by atoms with van der Waals surface area (Å²) >= 11 is 3.49. The first-order valence-electron chi connectivity index (χ1n) is 11.5. The highest BCUT2D eigenvalue weighted by Gasteiger charge is 2.21. The molecular weight excluding hydrogens is 524 g/mol. The smallest absolute Gasteiger partial charge is 0.269 e. The minimum atomic E-state index is -0.212. The van der Waals surface area contributed by atoms with E-state index in [1.807, 2.05) is 42.5 Å². The third kappa shape index (κ3) is 5.44. The molecule has 2 aromatic carbocycles. The molecule has 2 aromatic heterocycles. The summed E-state index contributed by atoms with van der Waals surface area (Å²) in [7, 11) is 0. The van der Waals surface area contributed by atoms with Gasteiger partial charge in [-0.05, 0) is 42.3 Å². The van der Waals surface area contributed by atoms with Gasteiger partial charge < -0.3 is 15.4 Å². The first kappa shape index (κ1) is 23.7. The van der Waals surface area contributed by atoms with Gasteiger partial charge in [-0.1, -0.05) is 46.3 Å². The number of nitrogens with one attached hydrogen (secondary N) is 2. The number of hydrogen-bond donors (Lipinski definition) is 2. The summed E-state index contributed by atoms with van der Waals surface area (Å²) in [5, 5.41) is 10.2. The molecule has 2 N–H and O–H groups in total. The Bertz CT molecular complexity index is 1410. The van der Waals surface area contributed by atoms with Crippen LogP contribution in [0.15, 0.2) is 71.3 Å². The normalized spacial score (nSPS) is 12.5. The van der Waals surface area contributed by atoms with E-state index in [1.54, 1.807) is 29.1 Å². The van der Waals surface area contributed by atoms with Crippen molar-refractivity contribution in [3.05, 3.63) is 82.6 Å². The number of ether oxygens (including phenoxy) is 1. The molecule has 0 fully saturated rings. The average molecular weight is 547 g/mol. The highest BCUT2D eigenvalue weighted by Crippen LogP contribution is 2.32. The fraction of sp³-hybridized carbons (Fsp3) is 0.192. The van der Waals surface area contributed by atoms with Gasteiger partial charge in [0.25, 0.3) is 11.8 Å². The molecule has 0 atom stereocenters. The molecule has 2 amide bonds. The Morgan fingerprint density at radius 1 is 1.11 bits per heavy atom. The third-order valence-electron chi connectivity index (χ3n) is 5.66. The number of rotatable bonds is 8. The Labute approximate surface area is 216 Å². The quantitative estimate of drug-likeness (QED) is 0.351. The van der Waals surface area contributed by atoms with Gasteiger partial charge in [-0.25, -0.2) is 9.97 Å². The second-order valence-corrected chi connectivity index (χ2v) is 9.09. The van der Waals surface area contributed by atoms with Crippen LogP contribution in [-0.2, 0) is 17.8 Å². The number of hydrogen-bond acceptors (Lipinski definition) is 6. The van der Waals surface area contributed by atoms with E-state index in [2.05, 4.69) is 41.6 Å². The van der Waals surface area contributed by atoms with Crippen molar-refractivity contribution in [2.75, 3.05) is 19.7 Å². The molecule has 182 valence electrons. The molecule has 0 spiro atoms. The Morgan fingerprint density at radius 3 is 2.81 bits per heavy atom. The molecule has 5 rings (SSSR count). The number of amides is 2. The molecule has 9 nitrogen and oxygen atoms in total. The van der Waals surface area contributed by atoms with Gasteiger partial charge in [0.1, 0.15) is 17.1 Å². The zero-order valence-corrected chi connectivity index (χ0v) is 20.9. The predicted octanol–water partition coefficient (Wildman–Crippen LogP) is 3.25. The highest BCUT2D eigenvalue weighted by molar-refractivity contribution is 9.10. The van der Waals surface area contributed by atoms with Gasteiger partial charge in [-0.2, -0.15) is 5.10 Å². The lowest BCUT2D eigenvalue weighted by Crippen LogP contribution is -2.35. The molecule has 0 unspecified atom stereocenters. The van der Waals surface area contributed by atoms with Crippen molar-refractivity contribution in [1.82, 2.24) is 30.4 Å². The summed E-state index contributed by atoms with van der Waals surface area (Å²) in [5.74, 6) is 0.538. The predicted molar refractivity (Wildman–Crippen MR) is 137 cm³/mol. The van der Waals surface area contributed by atoms with E-state index in [1.165, 1.54) is 0 Å². The van der Waals surface area contributed by atoms with Crippen LogP contribution in [0.25, 0.3) is 22.8 Å². The van der Waals surface area contributed by atoms with Gasteiger partial charge in [-0.15, -0.1) is 0 Å². The first-order valence-corrected chi connectivity index (χ1v) is 12.3. The minimum absolute atomic E-state index is 0.133. The maximum atomic E-state index is 12.4. The lowest BCUT2D eigenvalue weighted by molar-refractivity contribution is -0.123. The summed E-state index contributed by atoms with van der Waals surface area (Å²) in [4.78, 5) is 33.6. The van der Waals surface area contributed by atoms with Crippen molar-refractivity contribution in [2.45, 2.75) is 13.0 Å². The van der Waals surface area contributed by atoms with Crippen LogP contribution < -0.4 is 15.4 Å². The number of carbonyl (C=O) groups excluding carboxylic acids is 2. The average Bonchev–Trinajstić information content (AvgIpc) is 3.35. The topological polar surface area (TPSA) is 111 Å². The van der Waals surface area contributed by atoms with Crippen LogP contribution in [0.4, 0.5) is 0 Å². The molecule has 1 aliphatic heterocycles. The van der Waals surface area contributed by atoms with Crippen LogP contribution in [0.1, 0.15) is 16.1 Å². The number of fused-ring (bicyclic) bond motifs is 1. The molecule has 1 aliphatic rings. The van der Waals surface area contributed by atoms with E-state index < -0.39 is 0 Å². The Hall–Kier alpha value is -4.05. The zero-order chi connectivity index (χ0) is 24.9. The van der Waals surface area contributed by atoms with E-state index in [0.29, 0.717) is 53.9 Å². The largest absolute Gasteiger partial charge is 0.483 e. The zero-order valence-electron chi connectivity index (χ0n) is 19.3. The molecule has 4 aromatic rings. The second-order valence-electron chi connectivity index (χ2n) is 8.17. The summed E-state index contributed by atoms with van der Waals surface area (Å²) in [6, 6.07) is 18.9. The first-order chi connectivity index (χ1) is 17.6. The van der Waals surface area contributed by atoms with Crippen LogP contribution in [0.2, 0.25) is 0 Å². The molecular formula is C26H23BrN6O3. The van der Waals surface area contributed by atoms with Crippen LogP contribution in [0.5, 0.6) is 5.75 Å². The standard InChI is InChI=1S/C26H23BrN6O3/c27-18-6-7-23(36-16-24(34)28-10-8-17-4-2-1-3-5-17)19(14-18)25-29-11-9-20(31-25)21-15-22-26(35)30-12-13-33(22)32-21/h1-7,9,11,14-15H,8,10,12-13,16H2,(H,28,34)(H,30,35). The Balaban J connectivity index is 1.30. The number of aromatic nitrogens is 4. The van der Waals surface area contributed by atoms with Gasteiger partial charge in [0.15, 0.2) is 12.4 Å². The Kier molecular flexibility index (Phi) is 7.03. The Morgan fingerprint density at radius 2 is 1.97 bits per heavy atom. The molecule has 0 saturated heterocycles. The maximum Gasteiger partial charge on any atom is 0.269 e. The lowest BCUT2D eigenvalue weighted by atomic mass is 10.1.